The number of hydrogen-bond donors (Lipinski definition) is 1. The first-order valence-electron chi connectivity index (χ1n) is 7.66. The molecule has 0 aliphatic heterocycles. The zero-order chi connectivity index (χ0) is 12.5. The van der Waals surface area contributed by atoms with E-state index < -0.39 is 0 Å². The molecular weight excluding hydrogens is 226 g/mol. The highest BCUT2D eigenvalue weighted by Gasteiger charge is 2.21. The summed E-state index contributed by atoms with van der Waals surface area (Å²) in [6, 6.07) is 0.746. The zero-order valence-electron chi connectivity index (χ0n) is 12.0. The molecule has 1 rings (SSSR count). The van der Waals surface area contributed by atoms with Gasteiger partial charge in [0.2, 0.25) is 0 Å². The molecule has 0 aromatic carbocycles. The van der Waals surface area contributed by atoms with Crippen LogP contribution in [-0.4, -0.2) is 23.6 Å². The zero-order valence-corrected chi connectivity index (χ0v) is 12.8. The van der Waals surface area contributed by atoms with Crippen LogP contribution in [0.3, 0.4) is 0 Å². The standard InChI is InChI=1S/C15H31NS/c1-4-11-16-15(13(5-2)6-3)12-17-14-9-7-8-10-14/h13-16H,4-12H2,1-3H3. The Morgan fingerprint density at radius 3 is 2.29 bits per heavy atom. The monoisotopic (exact) mass is 257 g/mol. The molecule has 0 bridgehead atoms. The smallest absolute Gasteiger partial charge is 0.0186 e. The maximum absolute atomic E-state index is 3.77. The van der Waals surface area contributed by atoms with E-state index in [0.717, 1.165) is 17.2 Å². The van der Waals surface area contributed by atoms with E-state index in [4.69, 9.17) is 0 Å². The Labute approximate surface area is 113 Å². The van der Waals surface area contributed by atoms with Crippen molar-refractivity contribution in [1.82, 2.24) is 5.32 Å². The summed E-state index contributed by atoms with van der Waals surface area (Å²) in [4.78, 5) is 0. The molecular formula is C15H31NS. The lowest BCUT2D eigenvalue weighted by Gasteiger charge is -2.27. The molecule has 0 aromatic heterocycles. The van der Waals surface area contributed by atoms with Crippen LogP contribution in [0.5, 0.6) is 0 Å². The summed E-state index contributed by atoms with van der Waals surface area (Å²) < 4.78 is 0. The Kier molecular flexibility index (Phi) is 8.38. The summed E-state index contributed by atoms with van der Waals surface area (Å²) in [5.41, 5.74) is 0. The molecule has 102 valence electrons. The molecule has 1 N–H and O–H groups in total. The molecule has 0 heterocycles. The molecule has 1 aliphatic rings. The van der Waals surface area contributed by atoms with Crippen molar-refractivity contribution in [2.75, 3.05) is 12.3 Å². The van der Waals surface area contributed by atoms with Gasteiger partial charge in [0.25, 0.3) is 0 Å². The van der Waals surface area contributed by atoms with Crippen LogP contribution in [0, 0.1) is 5.92 Å². The van der Waals surface area contributed by atoms with Crippen LogP contribution >= 0.6 is 11.8 Å². The van der Waals surface area contributed by atoms with Crippen LogP contribution in [0.25, 0.3) is 0 Å². The van der Waals surface area contributed by atoms with E-state index in [9.17, 15) is 0 Å². The van der Waals surface area contributed by atoms with E-state index in [0.29, 0.717) is 0 Å². The summed E-state index contributed by atoms with van der Waals surface area (Å²) in [5, 5.41) is 4.74. The normalized spacial score (nSPS) is 19.1. The highest BCUT2D eigenvalue weighted by molar-refractivity contribution is 7.99. The minimum absolute atomic E-state index is 0.746. The second-order valence-corrected chi connectivity index (χ2v) is 6.71. The first-order chi connectivity index (χ1) is 8.31. The van der Waals surface area contributed by atoms with Gasteiger partial charge >= 0.3 is 0 Å². The Balaban J connectivity index is 2.32. The molecule has 17 heavy (non-hydrogen) atoms. The fourth-order valence-corrected chi connectivity index (χ4v) is 4.38. The van der Waals surface area contributed by atoms with Crippen LogP contribution in [0.2, 0.25) is 0 Å². The lowest BCUT2D eigenvalue weighted by atomic mass is 9.95. The molecule has 1 fully saturated rings. The molecule has 0 spiro atoms. The van der Waals surface area contributed by atoms with Gasteiger partial charge in [-0.05, 0) is 31.7 Å². The SMILES string of the molecule is CCCNC(CSC1CCCC1)C(CC)CC. The fourth-order valence-electron chi connectivity index (χ4n) is 2.84. The van der Waals surface area contributed by atoms with Crippen molar-refractivity contribution in [3.05, 3.63) is 0 Å². The maximum atomic E-state index is 3.77. The molecule has 0 amide bonds. The van der Waals surface area contributed by atoms with Gasteiger partial charge in [-0.25, -0.2) is 0 Å². The lowest BCUT2D eigenvalue weighted by molar-refractivity contribution is 0.359. The summed E-state index contributed by atoms with van der Waals surface area (Å²) in [6.45, 7) is 8.14. The van der Waals surface area contributed by atoms with Crippen LogP contribution < -0.4 is 5.32 Å². The number of thioether (sulfide) groups is 1. The van der Waals surface area contributed by atoms with Crippen molar-refractivity contribution in [1.29, 1.82) is 0 Å². The van der Waals surface area contributed by atoms with Gasteiger partial charge in [-0.2, -0.15) is 11.8 Å². The van der Waals surface area contributed by atoms with Crippen molar-refractivity contribution in [3.63, 3.8) is 0 Å². The van der Waals surface area contributed by atoms with E-state index in [-0.39, 0.29) is 0 Å². The number of hydrogen-bond acceptors (Lipinski definition) is 2. The maximum Gasteiger partial charge on any atom is 0.0186 e. The predicted octanol–water partition coefficient (Wildman–Crippen LogP) is 4.47. The van der Waals surface area contributed by atoms with Gasteiger partial charge in [-0.3, -0.25) is 0 Å². The van der Waals surface area contributed by atoms with E-state index in [1.54, 1.807) is 0 Å². The first-order valence-corrected chi connectivity index (χ1v) is 8.71. The summed E-state index contributed by atoms with van der Waals surface area (Å²) in [5.74, 6) is 2.20. The third-order valence-electron chi connectivity index (χ3n) is 4.09. The third kappa shape index (κ3) is 5.65. The second kappa shape index (κ2) is 9.27. The van der Waals surface area contributed by atoms with Crippen molar-refractivity contribution in [2.45, 2.75) is 77.0 Å². The highest BCUT2D eigenvalue weighted by Crippen LogP contribution is 2.31. The van der Waals surface area contributed by atoms with Gasteiger partial charge < -0.3 is 5.32 Å². The Morgan fingerprint density at radius 2 is 1.76 bits per heavy atom. The largest absolute Gasteiger partial charge is 0.313 e. The number of rotatable bonds is 9. The van der Waals surface area contributed by atoms with E-state index in [1.165, 1.54) is 57.2 Å². The first kappa shape index (κ1) is 15.4. The molecule has 1 unspecified atom stereocenters. The third-order valence-corrected chi connectivity index (χ3v) is 5.58. The molecule has 0 radical (unpaired) electrons. The molecule has 0 aromatic rings. The predicted molar refractivity (Wildman–Crippen MR) is 80.9 cm³/mol. The molecule has 1 atom stereocenters. The van der Waals surface area contributed by atoms with Crippen LogP contribution in [0.15, 0.2) is 0 Å². The van der Waals surface area contributed by atoms with E-state index in [2.05, 4.69) is 37.8 Å². The van der Waals surface area contributed by atoms with E-state index in [1.807, 2.05) is 0 Å². The minimum atomic E-state index is 0.746. The molecule has 1 saturated carbocycles. The van der Waals surface area contributed by atoms with Crippen LogP contribution in [0.4, 0.5) is 0 Å². The molecule has 1 aliphatic carbocycles. The van der Waals surface area contributed by atoms with Crippen molar-refractivity contribution in [3.8, 4) is 0 Å². The quantitative estimate of drug-likeness (QED) is 0.654. The van der Waals surface area contributed by atoms with Gasteiger partial charge in [0.05, 0.1) is 0 Å². The van der Waals surface area contributed by atoms with E-state index >= 15 is 0 Å². The lowest BCUT2D eigenvalue weighted by Crippen LogP contribution is -2.38. The van der Waals surface area contributed by atoms with Gasteiger partial charge in [0.1, 0.15) is 0 Å². The van der Waals surface area contributed by atoms with Crippen molar-refractivity contribution in [2.24, 2.45) is 5.92 Å². The van der Waals surface area contributed by atoms with Gasteiger partial charge in [0, 0.05) is 17.0 Å². The fraction of sp³-hybridized carbons (Fsp3) is 1.00. The Hall–Kier alpha value is 0.310. The Bertz CT molecular complexity index is 174. The second-order valence-electron chi connectivity index (χ2n) is 5.38. The van der Waals surface area contributed by atoms with Gasteiger partial charge in [-0.15, -0.1) is 0 Å². The summed E-state index contributed by atoms with van der Waals surface area (Å²) in [7, 11) is 0. The summed E-state index contributed by atoms with van der Waals surface area (Å²) >= 11 is 2.24. The summed E-state index contributed by atoms with van der Waals surface area (Å²) in [6.07, 6.45) is 9.77. The Morgan fingerprint density at radius 1 is 1.12 bits per heavy atom. The van der Waals surface area contributed by atoms with Crippen molar-refractivity contribution < 1.29 is 0 Å². The topological polar surface area (TPSA) is 12.0 Å². The van der Waals surface area contributed by atoms with Gasteiger partial charge in [0.15, 0.2) is 0 Å². The molecule has 0 saturated heterocycles. The van der Waals surface area contributed by atoms with Crippen molar-refractivity contribution >= 4 is 11.8 Å². The van der Waals surface area contributed by atoms with Crippen LogP contribution in [-0.2, 0) is 0 Å². The van der Waals surface area contributed by atoms with Gasteiger partial charge in [-0.1, -0.05) is 46.5 Å². The average molecular weight is 257 g/mol. The van der Waals surface area contributed by atoms with Crippen LogP contribution in [0.1, 0.15) is 65.7 Å². The molecule has 1 nitrogen and oxygen atoms in total. The average Bonchev–Trinajstić information content (AvgIpc) is 2.86. The molecule has 2 heteroatoms. The minimum Gasteiger partial charge on any atom is -0.313 e. The number of nitrogens with one attached hydrogen (secondary N) is 1. The highest BCUT2D eigenvalue weighted by atomic mass is 32.2.